The van der Waals surface area contributed by atoms with Crippen molar-refractivity contribution in [1.29, 1.82) is 0 Å². The number of para-hydroxylation sites is 1. The Hall–Kier alpha value is -4.28. The molecule has 34 heavy (non-hydrogen) atoms. The lowest BCUT2D eigenvalue weighted by Gasteiger charge is -2.18. The third-order valence-corrected chi connectivity index (χ3v) is 5.07. The van der Waals surface area contributed by atoms with Gasteiger partial charge in [-0.25, -0.2) is 0 Å². The fourth-order valence-corrected chi connectivity index (χ4v) is 3.34. The lowest BCUT2D eigenvalue weighted by molar-refractivity contribution is -0.151. The van der Waals surface area contributed by atoms with Crippen molar-refractivity contribution in [2.45, 2.75) is 6.42 Å². The quantitative estimate of drug-likeness (QED) is 0.525. The molecule has 1 heterocycles. The van der Waals surface area contributed by atoms with Crippen LogP contribution >= 0.6 is 0 Å². The Bertz CT molecular complexity index is 1090. The zero-order valence-electron chi connectivity index (χ0n) is 19.0. The molecule has 2 aromatic rings. The smallest absolute Gasteiger partial charge is 0.311 e. The molecular formula is C23H25N3O8. The van der Waals surface area contributed by atoms with Gasteiger partial charge in [-0.3, -0.25) is 29.6 Å². The van der Waals surface area contributed by atoms with Gasteiger partial charge in [0.2, 0.25) is 5.91 Å². The number of esters is 1. The average Bonchev–Trinajstić information content (AvgIpc) is 3.22. The zero-order valence-corrected chi connectivity index (χ0v) is 19.0. The van der Waals surface area contributed by atoms with Crippen LogP contribution in [-0.2, 0) is 19.1 Å². The van der Waals surface area contributed by atoms with Gasteiger partial charge in [-0.05, 0) is 24.3 Å². The number of hydrogen-bond donors (Lipinski definition) is 2. The largest absolute Gasteiger partial charge is 0.497 e. The number of nitrogens with one attached hydrogen (secondary N) is 2. The molecule has 0 aliphatic carbocycles. The minimum atomic E-state index is -0.829. The molecule has 3 rings (SSSR count). The maximum absolute atomic E-state index is 12.5. The van der Waals surface area contributed by atoms with Gasteiger partial charge in [0.15, 0.2) is 6.61 Å². The molecule has 0 saturated carbocycles. The molecular weight excluding hydrogens is 446 g/mol. The number of benzene rings is 2. The number of anilines is 1. The molecule has 1 atom stereocenters. The van der Waals surface area contributed by atoms with Crippen LogP contribution in [0.5, 0.6) is 17.2 Å². The number of hydrogen-bond acceptors (Lipinski definition) is 8. The monoisotopic (exact) mass is 471 g/mol. The van der Waals surface area contributed by atoms with Crippen molar-refractivity contribution in [1.82, 2.24) is 10.4 Å². The van der Waals surface area contributed by atoms with Crippen LogP contribution < -0.4 is 25.0 Å². The normalized spacial score (nSPS) is 14.9. The van der Waals surface area contributed by atoms with E-state index in [2.05, 4.69) is 10.7 Å². The van der Waals surface area contributed by atoms with E-state index < -0.39 is 36.2 Å². The fraction of sp³-hybridized carbons (Fsp3) is 0.304. The minimum Gasteiger partial charge on any atom is -0.497 e. The second-order valence-corrected chi connectivity index (χ2v) is 7.27. The summed E-state index contributed by atoms with van der Waals surface area (Å²) in [6.07, 6.45) is -0.156. The molecule has 0 unspecified atom stereocenters. The molecule has 0 aromatic heterocycles. The number of amides is 3. The van der Waals surface area contributed by atoms with E-state index in [0.717, 1.165) is 5.01 Å². The van der Waals surface area contributed by atoms with Crippen LogP contribution in [0.4, 0.5) is 5.69 Å². The van der Waals surface area contributed by atoms with Crippen LogP contribution in [0.25, 0.3) is 0 Å². The number of methoxy groups -OCH3 is 3. The Morgan fingerprint density at radius 1 is 1.00 bits per heavy atom. The Balaban J connectivity index is 1.53. The van der Waals surface area contributed by atoms with Crippen molar-refractivity contribution in [3.05, 3.63) is 48.0 Å². The van der Waals surface area contributed by atoms with Gasteiger partial charge in [-0.1, -0.05) is 12.1 Å². The zero-order chi connectivity index (χ0) is 24.7. The first-order chi connectivity index (χ1) is 16.4. The summed E-state index contributed by atoms with van der Waals surface area (Å²) in [5.41, 5.74) is 3.07. The molecule has 3 amide bonds. The molecule has 0 radical (unpaired) electrons. The van der Waals surface area contributed by atoms with Crippen LogP contribution in [0.2, 0.25) is 0 Å². The van der Waals surface area contributed by atoms with Gasteiger partial charge in [0.1, 0.15) is 17.2 Å². The van der Waals surface area contributed by atoms with Crippen molar-refractivity contribution in [3.8, 4) is 17.2 Å². The minimum absolute atomic E-state index is 0.0795. The van der Waals surface area contributed by atoms with Crippen molar-refractivity contribution < 1.29 is 38.1 Å². The lowest BCUT2D eigenvalue weighted by Crippen LogP contribution is -2.43. The summed E-state index contributed by atoms with van der Waals surface area (Å²) in [6, 6.07) is 11.4. The lowest BCUT2D eigenvalue weighted by atomic mass is 10.1. The third kappa shape index (κ3) is 5.74. The second kappa shape index (κ2) is 11.0. The molecule has 1 saturated heterocycles. The Morgan fingerprint density at radius 3 is 2.44 bits per heavy atom. The first-order valence-electron chi connectivity index (χ1n) is 10.3. The SMILES string of the molecule is COc1ccc(OC)c(NC(=O)COC(=O)[C@H]2CC(=O)N(NC(=O)c3ccccc3OC)C2)c1. The first kappa shape index (κ1) is 24.4. The highest BCUT2D eigenvalue weighted by molar-refractivity contribution is 5.99. The number of carbonyl (C=O) groups is 4. The van der Waals surface area contributed by atoms with Crippen LogP contribution in [-0.4, -0.2) is 63.2 Å². The molecule has 1 fully saturated rings. The highest BCUT2D eigenvalue weighted by Crippen LogP contribution is 2.29. The maximum atomic E-state index is 12.5. The Morgan fingerprint density at radius 2 is 1.74 bits per heavy atom. The fourth-order valence-electron chi connectivity index (χ4n) is 3.34. The summed E-state index contributed by atoms with van der Waals surface area (Å²) in [5, 5.41) is 3.64. The number of rotatable bonds is 9. The first-order valence-corrected chi connectivity index (χ1v) is 10.3. The molecule has 2 N–H and O–H groups in total. The number of nitrogens with zero attached hydrogens (tertiary/aromatic N) is 1. The van der Waals surface area contributed by atoms with E-state index in [-0.39, 0.29) is 18.5 Å². The Kier molecular flexibility index (Phi) is 7.91. The van der Waals surface area contributed by atoms with Crippen molar-refractivity contribution in [2.24, 2.45) is 5.92 Å². The molecule has 0 spiro atoms. The summed E-state index contributed by atoms with van der Waals surface area (Å²) in [7, 11) is 4.37. The van der Waals surface area contributed by atoms with E-state index in [1.54, 1.807) is 42.5 Å². The average molecular weight is 471 g/mol. The summed E-state index contributed by atoms with van der Waals surface area (Å²) in [4.78, 5) is 49.5. The van der Waals surface area contributed by atoms with Gasteiger partial charge in [-0.2, -0.15) is 0 Å². The highest BCUT2D eigenvalue weighted by atomic mass is 16.5. The van der Waals surface area contributed by atoms with Crippen LogP contribution in [0.1, 0.15) is 16.8 Å². The van der Waals surface area contributed by atoms with E-state index in [0.29, 0.717) is 22.9 Å². The number of hydrazine groups is 1. The van der Waals surface area contributed by atoms with Gasteiger partial charge in [0.25, 0.3) is 11.8 Å². The van der Waals surface area contributed by atoms with Gasteiger partial charge in [-0.15, -0.1) is 0 Å². The van der Waals surface area contributed by atoms with E-state index >= 15 is 0 Å². The molecule has 11 heteroatoms. The summed E-state index contributed by atoms with van der Waals surface area (Å²) >= 11 is 0. The summed E-state index contributed by atoms with van der Waals surface area (Å²) in [5.74, 6) is -1.88. The molecule has 1 aliphatic rings. The van der Waals surface area contributed by atoms with Gasteiger partial charge in [0, 0.05) is 12.5 Å². The highest BCUT2D eigenvalue weighted by Gasteiger charge is 2.37. The number of ether oxygens (including phenoxy) is 4. The standard InChI is InChI=1S/C23H25N3O8/c1-31-15-8-9-19(33-3)17(11-15)24-20(27)13-34-23(30)14-10-21(28)26(12-14)25-22(29)16-6-4-5-7-18(16)32-2/h4-9,11,14H,10,12-13H2,1-3H3,(H,24,27)(H,25,29)/t14-/m0/s1. The van der Waals surface area contributed by atoms with Gasteiger partial charge < -0.3 is 24.3 Å². The predicted molar refractivity (Wildman–Crippen MR) is 119 cm³/mol. The maximum Gasteiger partial charge on any atom is 0.311 e. The van der Waals surface area contributed by atoms with Crippen molar-refractivity contribution in [3.63, 3.8) is 0 Å². The van der Waals surface area contributed by atoms with Crippen LogP contribution in [0.3, 0.4) is 0 Å². The predicted octanol–water partition coefficient (Wildman–Crippen LogP) is 1.39. The molecule has 180 valence electrons. The molecule has 2 aromatic carbocycles. The van der Waals surface area contributed by atoms with E-state index in [9.17, 15) is 19.2 Å². The topological polar surface area (TPSA) is 132 Å². The van der Waals surface area contributed by atoms with Crippen LogP contribution in [0, 0.1) is 5.92 Å². The van der Waals surface area contributed by atoms with Crippen molar-refractivity contribution >= 4 is 29.4 Å². The second-order valence-electron chi connectivity index (χ2n) is 7.27. The van der Waals surface area contributed by atoms with E-state index in [4.69, 9.17) is 18.9 Å². The number of carbonyl (C=O) groups excluding carboxylic acids is 4. The summed E-state index contributed by atoms with van der Waals surface area (Å²) in [6.45, 7) is -0.638. The van der Waals surface area contributed by atoms with Crippen LogP contribution in [0.15, 0.2) is 42.5 Å². The Labute approximate surface area is 195 Å². The molecule has 0 bridgehead atoms. The van der Waals surface area contributed by atoms with E-state index in [1.165, 1.54) is 21.3 Å². The van der Waals surface area contributed by atoms with Gasteiger partial charge in [0.05, 0.1) is 45.0 Å². The molecule has 1 aliphatic heterocycles. The van der Waals surface area contributed by atoms with Crippen molar-refractivity contribution in [2.75, 3.05) is 39.8 Å². The third-order valence-electron chi connectivity index (χ3n) is 5.07. The van der Waals surface area contributed by atoms with Gasteiger partial charge >= 0.3 is 5.97 Å². The summed E-state index contributed by atoms with van der Waals surface area (Å²) < 4.78 is 20.5. The van der Waals surface area contributed by atoms with E-state index in [1.807, 2.05) is 0 Å². The molecule has 11 nitrogen and oxygen atoms in total.